The van der Waals surface area contributed by atoms with Gasteiger partial charge in [0.2, 0.25) is 0 Å². The van der Waals surface area contributed by atoms with E-state index in [-0.39, 0.29) is 23.6 Å². The van der Waals surface area contributed by atoms with Crippen molar-refractivity contribution in [2.24, 2.45) is 0 Å². The van der Waals surface area contributed by atoms with E-state index >= 15 is 0 Å². The summed E-state index contributed by atoms with van der Waals surface area (Å²) in [6.45, 7) is 3.89. The maximum Gasteiger partial charge on any atom is 0.291 e. The maximum absolute atomic E-state index is 12.8. The number of rotatable bonds is 6. The van der Waals surface area contributed by atoms with Crippen LogP contribution < -0.4 is 10.6 Å². The van der Waals surface area contributed by atoms with Crippen LogP contribution in [0.25, 0.3) is 0 Å². The number of carbonyl (C=O) groups is 2. The third-order valence-electron chi connectivity index (χ3n) is 4.09. The van der Waals surface area contributed by atoms with Gasteiger partial charge in [-0.25, -0.2) is 0 Å². The lowest BCUT2D eigenvalue weighted by Crippen LogP contribution is -2.27. The first-order valence-electron chi connectivity index (χ1n) is 8.49. The molecule has 1 atom stereocenters. The highest BCUT2D eigenvalue weighted by atomic mass is 79.9. The molecular weight excluding hydrogens is 428 g/mol. The number of furan rings is 1. The molecule has 0 aliphatic rings. The fourth-order valence-corrected chi connectivity index (χ4v) is 3.93. The van der Waals surface area contributed by atoms with E-state index in [9.17, 15) is 9.59 Å². The van der Waals surface area contributed by atoms with E-state index in [1.54, 1.807) is 18.2 Å². The van der Waals surface area contributed by atoms with Crippen LogP contribution in [-0.4, -0.2) is 11.8 Å². The number of hydrogen-bond acceptors (Lipinski definition) is 4. The first-order chi connectivity index (χ1) is 13.0. The summed E-state index contributed by atoms with van der Waals surface area (Å²) < 4.78 is 6.09. The van der Waals surface area contributed by atoms with E-state index in [4.69, 9.17) is 4.42 Å². The molecular formula is C20H19BrN2O3S. The number of hydrogen-bond donors (Lipinski definition) is 2. The van der Waals surface area contributed by atoms with Crippen LogP contribution in [0.5, 0.6) is 0 Å². The smallest absolute Gasteiger partial charge is 0.291 e. The maximum atomic E-state index is 12.8. The summed E-state index contributed by atoms with van der Waals surface area (Å²) in [7, 11) is 0. The normalized spacial score (nSPS) is 11.8. The van der Waals surface area contributed by atoms with Gasteiger partial charge in [-0.15, -0.1) is 11.3 Å². The summed E-state index contributed by atoms with van der Waals surface area (Å²) in [6.07, 6.45) is 2.22. The second-order valence-electron chi connectivity index (χ2n) is 6.04. The quantitative estimate of drug-likeness (QED) is 0.521. The van der Waals surface area contributed by atoms with Crippen molar-refractivity contribution < 1.29 is 14.0 Å². The van der Waals surface area contributed by atoms with Crippen molar-refractivity contribution in [2.45, 2.75) is 26.3 Å². The van der Waals surface area contributed by atoms with Crippen molar-refractivity contribution >= 4 is 44.1 Å². The number of nitrogens with one attached hydrogen (secondary N) is 2. The Morgan fingerprint density at radius 3 is 2.56 bits per heavy atom. The monoisotopic (exact) mass is 446 g/mol. The summed E-state index contributed by atoms with van der Waals surface area (Å²) in [4.78, 5) is 25.4. The average molecular weight is 447 g/mol. The molecule has 2 N–H and O–H groups in total. The van der Waals surface area contributed by atoms with Gasteiger partial charge in [-0.1, -0.05) is 35.0 Å². The number of amides is 2. The minimum Gasteiger partial charge on any atom is -0.459 e. The summed E-state index contributed by atoms with van der Waals surface area (Å²) in [5.41, 5.74) is 1.87. The van der Waals surface area contributed by atoms with E-state index in [1.165, 1.54) is 17.6 Å². The zero-order valence-electron chi connectivity index (χ0n) is 14.9. The third-order valence-corrected chi connectivity index (χ3v) is 5.77. The van der Waals surface area contributed by atoms with Gasteiger partial charge in [0.1, 0.15) is 0 Å². The fraction of sp³-hybridized carbons (Fsp3) is 0.200. The molecule has 1 aromatic carbocycles. The van der Waals surface area contributed by atoms with Crippen LogP contribution in [0.2, 0.25) is 0 Å². The van der Waals surface area contributed by atoms with Gasteiger partial charge in [-0.2, -0.15) is 0 Å². The Balaban J connectivity index is 1.71. The zero-order valence-corrected chi connectivity index (χ0v) is 17.3. The molecule has 140 valence electrons. The van der Waals surface area contributed by atoms with E-state index < -0.39 is 0 Å². The number of halogens is 1. The largest absolute Gasteiger partial charge is 0.459 e. The van der Waals surface area contributed by atoms with Crippen LogP contribution >= 0.6 is 27.3 Å². The van der Waals surface area contributed by atoms with Gasteiger partial charge < -0.3 is 15.1 Å². The molecule has 2 aromatic heterocycles. The first-order valence-corrected chi connectivity index (χ1v) is 10.1. The number of aryl methyl sites for hydroxylation is 1. The van der Waals surface area contributed by atoms with Crippen LogP contribution in [0.1, 0.15) is 50.7 Å². The molecule has 0 bridgehead atoms. The van der Waals surface area contributed by atoms with Crippen LogP contribution in [0.15, 0.2) is 57.6 Å². The highest BCUT2D eigenvalue weighted by molar-refractivity contribution is 9.10. The molecule has 2 amide bonds. The molecule has 0 saturated heterocycles. The van der Waals surface area contributed by atoms with Gasteiger partial charge in [-0.05, 0) is 54.8 Å². The Morgan fingerprint density at radius 1 is 1.19 bits per heavy atom. The number of benzene rings is 1. The molecule has 0 saturated carbocycles. The third kappa shape index (κ3) is 4.67. The Labute approximate surface area is 169 Å². The zero-order chi connectivity index (χ0) is 19.4. The number of thiophene rings is 1. The Morgan fingerprint density at radius 2 is 1.93 bits per heavy atom. The van der Waals surface area contributed by atoms with Gasteiger partial charge in [-0.3, -0.25) is 9.59 Å². The Kier molecular flexibility index (Phi) is 6.13. The lowest BCUT2D eigenvalue weighted by atomic mass is 10.0. The topological polar surface area (TPSA) is 71.3 Å². The summed E-state index contributed by atoms with van der Waals surface area (Å²) in [5.74, 6) is -0.256. The van der Waals surface area contributed by atoms with E-state index in [1.807, 2.05) is 38.1 Å². The van der Waals surface area contributed by atoms with Crippen LogP contribution in [-0.2, 0) is 0 Å². The predicted molar refractivity (Wildman–Crippen MR) is 110 cm³/mol. The molecule has 2 heterocycles. The number of anilines is 1. The summed E-state index contributed by atoms with van der Waals surface area (Å²) in [5, 5.41) is 6.45. The number of carbonyl (C=O) groups excluding carboxylic acids is 2. The van der Waals surface area contributed by atoms with Gasteiger partial charge in [0.15, 0.2) is 5.76 Å². The van der Waals surface area contributed by atoms with Gasteiger partial charge >= 0.3 is 0 Å². The molecule has 0 aliphatic carbocycles. The molecule has 5 nitrogen and oxygen atoms in total. The predicted octanol–water partition coefficient (Wildman–Crippen LogP) is 5.55. The highest BCUT2D eigenvalue weighted by Crippen LogP contribution is 2.28. The first kappa shape index (κ1) is 19.4. The average Bonchev–Trinajstić information content (AvgIpc) is 3.30. The Hall–Kier alpha value is -2.38. The highest BCUT2D eigenvalue weighted by Gasteiger charge is 2.19. The second-order valence-corrected chi connectivity index (χ2v) is 8.01. The molecule has 0 radical (unpaired) electrons. The molecule has 27 heavy (non-hydrogen) atoms. The standard InChI is InChI=1S/C20H19BrN2O3S/c1-3-15(13-6-8-14(21)9-7-13)22-20(25)18-12(2)11-17(27-18)23-19(24)16-5-4-10-26-16/h4-11,15H,3H2,1-2H3,(H,22,25)(H,23,24)/t15-/m0/s1. The molecule has 0 fully saturated rings. The van der Waals surface area contributed by atoms with E-state index in [2.05, 4.69) is 26.6 Å². The van der Waals surface area contributed by atoms with Gasteiger partial charge in [0.05, 0.1) is 22.2 Å². The van der Waals surface area contributed by atoms with Crippen LogP contribution in [0, 0.1) is 6.92 Å². The summed E-state index contributed by atoms with van der Waals surface area (Å²) in [6, 6.07) is 12.9. The molecule has 0 unspecified atom stereocenters. The molecule has 7 heteroatoms. The van der Waals surface area contributed by atoms with E-state index in [0.29, 0.717) is 9.88 Å². The minimum absolute atomic E-state index is 0.0757. The summed E-state index contributed by atoms with van der Waals surface area (Å²) >= 11 is 4.67. The van der Waals surface area contributed by atoms with Gasteiger partial charge in [0, 0.05) is 4.47 Å². The van der Waals surface area contributed by atoms with Crippen molar-refractivity contribution in [1.82, 2.24) is 5.32 Å². The van der Waals surface area contributed by atoms with Crippen molar-refractivity contribution in [3.8, 4) is 0 Å². The lowest BCUT2D eigenvalue weighted by Gasteiger charge is -2.17. The van der Waals surface area contributed by atoms with Crippen LogP contribution in [0.4, 0.5) is 5.00 Å². The second kappa shape index (κ2) is 8.54. The molecule has 0 aliphatic heterocycles. The lowest BCUT2D eigenvalue weighted by molar-refractivity contribution is 0.0938. The SMILES string of the molecule is CC[C@H](NC(=O)c1sc(NC(=O)c2ccco2)cc1C)c1ccc(Br)cc1. The Bertz CT molecular complexity index is 933. The fourth-order valence-electron chi connectivity index (χ4n) is 2.69. The van der Waals surface area contributed by atoms with Crippen molar-refractivity contribution in [3.05, 3.63) is 75.0 Å². The van der Waals surface area contributed by atoms with Gasteiger partial charge in [0.25, 0.3) is 11.8 Å². The molecule has 3 aromatic rings. The van der Waals surface area contributed by atoms with Crippen LogP contribution in [0.3, 0.4) is 0 Å². The molecule has 0 spiro atoms. The minimum atomic E-state index is -0.338. The van der Waals surface area contributed by atoms with E-state index in [0.717, 1.165) is 22.0 Å². The molecule has 3 rings (SSSR count). The van der Waals surface area contributed by atoms with Crippen molar-refractivity contribution in [1.29, 1.82) is 0 Å². The van der Waals surface area contributed by atoms with Crippen molar-refractivity contribution in [3.63, 3.8) is 0 Å². The van der Waals surface area contributed by atoms with Crippen molar-refractivity contribution in [2.75, 3.05) is 5.32 Å².